The normalized spacial score (nSPS) is 11.4. The number of hydrogen-bond donors (Lipinski definition) is 1. The lowest BCUT2D eigenvalue weighted by Crippen LogP contribution is -2.25. The van der Waals surface area contributed by atoms with Crippen LogP contribution in [0.3, 0.4) is 0 Å². The first kappa shape index (κ1) is 13.9. The van der Waals surface area contributed by atoms with Crippen LogP contribution in [0.15, 0.2) is 44.2 Å². The quantitative estimate of drug-likeness (QED) is 0.830. The molecule has 1 rings (SSSR count). The second-order valence-corrected chi connectivity index (χ2v) is 6.86. The molecule has 0 bridgehead atoms. The molecular formula is C10H11Br2NO2S. The molecule has 1 N–H and O–H groups in total. The van der Waals surface area contributed by atoms with Crippen molar-refractivity contribution in [1.82, 2.24) is 4.72 Å². The molecule has 0 amide bonds. The van der Waals surface area contributed by atoms with E-state index in [4.69, 9.17) is 0 Å². The van der Waals surface area contributed by atoms with Crippen molar-refractivity contribution in [1.29, 1.82) is 0 Å². The number of sulfonamides is 1. The maximum atomic E-state index is 11.9. The Morgan fingerprint density at radius 1 is 1.44 bits per heavy atom. The van der Waals surface area contributed by atoms with Crippen molar-refractivity contribution < 1.29 is 8.42 Å². The van der Waals surface area contributed by atoms with Crippen molar-refractivity contribution in [3.8, 4) is 0 Å². The van der Waals surface area contributed by atoms with Crippen molar-refractivity contribution in [3.05, 3.63) is 39.3 Å². The van der Waals surface area contributed by atoms with Gasteiger partial charge in [0.15, 0.2) is 0 Å². The first-order valence-electron chi connectivity index (χ1n) is 4.42. The third-order valence-electron chi connectivity index (χ3n) is 1.75. The summed E-state index contributed by atoms with van der Waals surface area (Å²) in [6.07, 6.45) is 0. The SMILES string of the molecule is C=C(C)CNS(=O)(=O)c1ccc(Br)cc1Br. The Morgan fingerprint density at radius 3 is 2.56 bits per heavy atom. The monoisotopic (exact) mass is 367 g/mol. The third kappa shape index (κ3) is 3.69. The fourth-order valence-corrected chi connectivity index (χ4v) is 3.83. The smallest absolute Gasteiger partial charge is 0.207 e. The van der Waals surface area contributed by atoms with Gasteiger partial charge in [-0.2, -0.15) is 0 Å². The van der Waals surface area contributed by atoms with Gasteiger partial charge in [-0.3, -0.25) is 0 Å². The molecule has 1 aromatic rings. The molecule has 0 aromatic heterocycles. The highest BCUT2D eigenvalue weighted by Gasteiger charge is 2.16. The van der Waals surface area contributed by atoms with Crippen LogP contribution in [-0.4, -0.2) is 15.0 Å². The molecule has 0 spiro atoms. The van der Waals surface area contributed by atoms with Gasteiger partial charge in [0.25, 0.3) is 0 Å². The summed E-state index contributed by atoms with van der Waals surface area (Å²) < 4.78 is 27.5. The van der Waals surface area contributed by atoms with Gasteiger partial charge in [-0.1, -0.05) is 28.1 Å². The van der Waals surface area contributed by atoms with Crippen molar-refractivity contribution in [2.24, 2.45) is 0 Å². The van der Waals surface area contributed by atoms with Gasteiger partial charge < -0.3 is 0 Å². The van der Waals surface area contributed by atoms with Gasteiger partial charge >= 0.3 is 0 Å². The van der Waals surface area contributed by atoms with E-state index in [1.54, 1.807) is 19.1 Å². The van der Waals surface area contributed by atoms with Crippen LogP contribution in [0.2, 0.25) is 0 Å². The van der Waals surface area contributed by atoms with Crippen LogP contribution in [0.5, 0.6) is 0 Å². The Kier molecular flexibility index (Phi) is 4.73. The minimum atomic E-state index is -3.48. The van der Waals surface area contributed by atoms with E-state index in [0.29, 0.717) is 4.47 Å². The van der Waals surface area contributed by atoms with E-state index < -0.39 is 10.0 Å². The number of nitrogens with one attached hydrogen (secondary N) is 1. The largest absolute Gasteiger partial charge is 0.241 e. The Hall–Kier alpha value is -0.170. The molecule has 0 fully saturated rings. The van der Waals surface area contributed by atoms with Gasteiger partial charge in [-0.15, -0.1) is 0 Å². The molecule has 0 aliphatic rings. The summed E-state index contributed by atoms with van der Waals surface area (Å²) in [5.74, 6) is 0. The fraction of sp³-hybridized carbons (Fsp3) is 0.200. The second kappa shape index (κ2) is 5.44. The zero-order valence-electron chi connectivity index (χ0n) is 8.63. The summed E-state index contributed by atoms with van der Waals surface area (Å²) in [5.41, 5.74) is 0.761. The van der Waals surface area contributed by atoms with E-state index in [9.17, 15) is 8.42 Å². The molecule has 0 aliphatic heterocycles. The summed E-state index contributed by atoms with van der Waals surface area (Å²) >= 11 is 6.48. The molecule has 6 heteroatoms. The molecule has 0 heterocycles. The molecule has 88 valence electrons. The lowest BCUT2D eigenvalue weighted by molar-refractivity contribution is 0.584. The average Bonchev–Trinajstić information content (AvgIpc) is 2.14. The maximum absolute atomic E-state index is 11.9. The van der Waals surface area contributed by atoms with Crippen LogP contribution in [0.25, 0.3) is 0 Å². The Bertz CT molecular complexity index is 512. The molecule has 0 saturated heterocycles. The van der Waals surface area contributed by atoms with Crippen LogP contribution < -0.4 is 4.72 Å². The van der Waals surface area contributed by atoms with Crippen LogP contribution in [0, 0.1) is 0 Å². The molecule has 1 aromatic carbocycles. The van der Waals surface area contributed by atoms with Crippen LogP contribution in [0.4, 0.5) is 0 Å². The molecule has 16 heavy (non-hydrogen) atoms. The average molecular weight is 369 g/mol. The number of halogens is 2. The van der Waals surface area contributed by atoms with Gasteiger partial charge in [0.1, 0.15) is 0 Å². The van der Waals surface area contributed by atoms with E-state index in [1.165, 1.54) is 6.07 Å². The first-order chi connectivity index (χ1) is 7.33. The van der Waals surface area contributed by atoms with Gasteiger partial charge in [0.05, 0.1) is 4.90 Å². The Balaban J connectivity index is 3.03. The van der Waals surface area contributed by atoms with E-state index in [-0.39, 0.29) is 11.4 Å². The number of rotatable bonds is 4. The molecule has 0 saturated carbocycles. The van der Waals surface area contributed by atoms with E-state index in [1.807, 2.05) is 0 Å². The van der Waals surface area contributed by atoms with Crippen molar-refractivity contribution in [2.75, 3.05) is 6.54 Å². The summed E-state index contributed by atoms with van der Waals surface area (Å²) in [6.45, 7) is 5.65. The number of benzene rings is 1. The van der Waals surface area contributed by atoms with Crippen LogP contribution in [0.1, 0.15) is 6.92 Å². The van der Waals surface area contributed by atoms with Crippen LogP contribution >= 0.6 is 31.9 Å². The second-order valence-electron chi connectivity index (χ2n) is 3.36. The molecule has 0 atom stereocenters. The van der Waals surface area contributed by atoms with Gasteiger partial charge in [0, 0.05) is 15.5 Å². The van der Waals surface area contributed by atoms with Crippen LogP contribution in [-0.2, 0) is 10.0 Å². The van der Waals surface area contributed by atoms with E-state index >= 15 is 0 Å². The van der Waals surface area contributed by atoms with E-state index in [0.717, 1.165) is 10.0 Å². The summed E-state index contributed by atoms with van der Waals surface area (Å²) in [6, 6.07) is 4.91. The van der Waals surface area contributed by atoms with Crippen molar-refractivity contribution in [3.63, 3.8) is 0 Å². The summed E-state index contributed by atoms with van der Waals surface area (Å²) in [5, 5.41) is 0. The highest BCUT2D eigenvalue weighted by molar-refractivity contribution is 9.11. The molecular weight excluding hydrogens is 358 g/mol. The number of hydrogen-bond acceptors (Lipinski definition) is 2. The highest BCUT2D eigenvalue weighted by atomic mass is 79.9. The zero-order valence-corrected chi connectivity index (χ0v) is 12.6. The summed E-state index contributed by atoms with van der Waals surface area (Å²) in [4.78, 5) is 0.219. The first-order valence-corrected chi connectivity index (χ1v) is 7.49. The van der Waals surface area contributed by atoms with Gasteiger partial charge in [-0.05, 0) is 41.1 Å². The minimum Gasteiger partial charge on any atom is -0.207 e. The molecule has 0 unspecified atom stereocenters. The standard InChI is InChI=1S/C10H11Br2NO2S/c1-7(2)6-13-16(14,15)10-4-3-8(11)5-9(10)12/h3-5,13H,1,6H2,2H3. The van der Waals surface area contributed by atoms with E-state index in [2.05, 4.69) is 43.2 Å². The predicted molar refractivity (Wildman–Crippen MR) is 71.8 cm³/mol. The fourth-order valence-electron chi connectivity index (χ4n) is 0.989. The van der Waals surface area contributed by atoms with Crippen molar-refractivity contribution >= 4 is 41.9 Å². The highest BCUT2D eigenvalue weighted by Crippen LogP contribution is 2.25. The Morgan fingerprint density at radius 2 is 2.06 bits per heavy atom. The molecule has 0 radical (unpaired) electrons. The maximum Gasteiger partial charge on any atom is 0.241 e. The lowest BCUT2D eigenvalue weighted by atomic mass is 10.4. The molecule has 0 aliphatic carbocycles. The zero-order chi connectivity index (χ0) is 12.3. The minimum absolute atomic E-state index is 0.219. The Labute approximate surface area is 112 Å². The molecule has 3 nitrogen and oxygen atoms in total. The predicted octanol–water partition coefficient (Wildman–Crippen LogP) is 3.07. The lowest BCUT2D eigenvalue weighted by Gasteiger charge is -2.08. The third-order valence-corrected chi connectivity index (χ3v) is 4.62. The van der Waals surface area contributed by atoms with Gasteiger partial charge in [-0.25, -0.2) is 13.1 Å². The summed E-state index contributed by atoms with van der Waals surface area (Å²) in [7, 11) is -3.48. The van der Waals surface area contributed by atoms with Gasteiger partial charge in [0.2, 0.25) is 10.0 Å². The topological polar surface area (TPSA) is 46.2 Å². The van der Waals surface area contributed by atoms with Crippen molar-refractivity contribution in [2.45, 2.75) is 11.8 Å².